The number of benzene rings is 1. The third-order valence-corrected chi connectivity index (χ3v) is 14.5. The lowest BCUT2D eigenvalue weighted by molar-refractivity contribution is -0.222. The fraction of sp³-hybridized carbons (Fsp3) is 0.794. The van der Waals surface area contributed by atoms with Gasteiger partial charge in [-0.2, -0.15) is 0 Å². The van der Waals surface area contributed by atoms with Crippen LogP contribution in [0.15, 0.2) is 29.2 Å². The summed E-state index contributed by atoms with van der Waals surface area (Å²) in [7, 11) is -3.87. The van der Waals surface area contributed by atoms with Crippen molar-refractivity contribution >= 4 is 15.6 Å². The molecular weight excluding hydrogens is 558 g/mol. The van der Waals surface area contributed by atoms with Crippen molar-refractivity contribution < 1.29 is 32.2 Å². The van der Waals surface area contributed by atoms with E-state index in [-0.39, 0.29) is 51.6 Å². The normalized spacial score (nSPS) is 42.3. The number of carbonyl (C=O) groups excluding carboxylic acids is 1. The van der Waals surface area contributed by atoms with E-state index in [4.69, 9.17) is 0 Å². The summed E-state index contributed by atoms with van der Waals surface area (Å²) in [6.07, 6.45) is 5.02. The summed E-state index contributed by atoms with van der Waals surface area (Å²) in [6.45, 7) is 8.93. The van der Waals surface area contributed by atoms with Gasteiger partial charge in [-0.1, -0.05) is 46.6 Å². The van der Waals surface area contributed by atoms with Gasteiger partial charge in [-0.3, -0.25) is 4.79 Å². The Balaban J connectivity index is 1.23. The average Bonchev–Trinajstić information content (AvgIpc) is 3.29. The number of fused-ring (bicyclic) bond motifs is 5. The van der Waals surface area contributed by atoms with E-state index in [1.807, 2.05) is 0 Å². The van der Waals surface area contributed by atoms with Crippen LogP contribution in [0.4, 0.5) is 8.78 Å². The van der Waals surface area contributed by atoms with Crippen molar-refractivity contribution in [1.82, 2.24) is 0 Å². The molecule has 4 unspecified atom stereocenters. The molecule has 2 N–H and O–H groups in total. The Morgan fingerprint density at radius 1 is 1.07 bits per heavy atom. The van der Waals surface area contributed by atoms with E-state index in [0.717, 1.165) is 44.6 Å². The summed E-state index contributed by atoms with van der Waals surface area (Å²) in [4.78, 5) is 12.4. The summed E-state index contributed by atoms with van der Waals surface area (Å²) < 4.78 is 54.3. The van der Waals surface area contributed by atoms with Crippen LogP contribution < -0.4 is 0 Å². The van der Waals surface area contributed by atoms with Crippen molar-refractivity contribution in [3.05, 3.63) is 30.1 Å². The van der Waals surface area contributed by atoms with Gasteiger partial charge in [-0.25, -0.2) is 17.2 Å². The number of hydrogen-bond donors (Lipinski definition) is 2. The molecule has 0 heterocycles. The topological polar surface area (TPSA) is 91.7 Å². The monoisotopic (exact) mass is 608 g/mol. The highest BCUT2D eigenvalue weighted by Gasteiger charge is 2.66. The molecule has 236 valence electrons. The molecule has 1 aromatic rings. The van der Waals surface area contributed by atoms with Crippen molar-refractivity contribution in [3.8, 4) is 0 Å². The Bertz CT molecular complexity index is 1250. The predicted molar refractivity (Wildman–Crippen MR) is 159 cm³/mol. The molecule has 0 radical (unpaired) electrons. The lowest BCUT2D eigenvalue weighted by atomic mass is 9.41. The molecule has 0 amide bonds. The summed E-state index contributed by atoms with van der Waals surface area (Å²) >= 11 is 0. The highest BCUT2D eigenvalue weighted by molar-refractivity contribution is 7.92. The van der Waals surface area contributed by atoms with Crippen LogP contribution in [-0.4, -0.2) is 48.5 Å². The Labute approximate surface area is 250 Å². The van der Waals surface area contributed by atoms with Gasteiger partial charge in [0, 0.05) is 12.3 Å². The summed E-state index contributed by atoms with van der Waals surface area (Å²) in [6, 6.07) is 4.79. The van der Waals surface area contributed by atoms with Gasteiger partial charge in [0.05, 0.1) is 17.1 Å². The molecule has 0 bridgehead atoms. The van der Waals surface area contributed by atoms with E-state index in [2.05, 4.69) is 27.7 Å². The van der Waals surface area contributed by atoms with Gasteiger partial charge in [-0.15, -0.1) is 0 Å². The average molecular weight is 609 g/mol. The first kappa shape index (κ1) is 32.0. The van der Waals surface area contributed by atoms with Gasteiger partial charge in [0.1, 0.15) is 23.5 Å². The van der Waals surface area contributed by atoms with E-state index in [9.17, 15) is 27.8 Å². The highest BCUT2D eigenvalue weighted by atomic mass is 32.2. The molecule has 4 aliphatic rings. The molecule has 0 aromatic heterocycles. The molecular formula is C34H50F2O5S. The van der Waals surface area contributed by atoms with Crippen LogP contribution in [0.2, 0.25) is 0 Å². The molecule has 4 aliphatic carbocycles. The molecule has 4 fully saturated rings. The van der Waals surface area contributed by atoms with Crippen molar-refractivity contribution in [2.45, 2.75) is 115 Å². The summed E-state index contributed by atoms with van der Waals surface area (Å²) in [5.41, 5.74) is -0.141. The van der Waals surface area contributed by atoms with Crippen LogP contribution in [0.5, 0.6) is 0 Å². The largest absolute Gasteiger partial charge is 0.393 e. The first-order valence-electron chi connectivity index (χ1n) is 16.2. The Morgan fingerprint density at radius 2 is 1.76 bits per heavy atom. The van der Waals surface area contributed by atoms with Crippen molar-refractivity contribution in [1.29, 1.82) is 0 Å². The minimum atomic E-state index is -3.87. The third-order valence-electron chi connectivity index (χ3n) is 12.8. The first-order chi connectivity index (χ1) is 19.7. The zero-order valence-electron chi connectivity index (χ0n) is 25.6. The van der Waals surface area contributed by atoms with Crippen LogP contribution in [0.25, 0.3) is 0 Å². The number of alkyl halides is 1. The minimum Gasteiger partial charge on any atom is -0.393 e. The van der Waals surface area contributed by atoms with Crippen LogP contribution in [0.1, 0.15) is 91.9 Å². The number of carbonyl (C=O) groups is 1. The number of Topliss-reactive ketones (excluding diaryl/α,β-unsaturated/α-hetero) is 1. The molecule has 5 rings (SSSR count). The minimum absolute atomic E-state index is 0.0665. The number of rotatable bonds is 9. The van der Waals surface area contributed by atoms with Crippen LogP contribution >= 0.6 is 0 Å². The molecule has 0 saturated heterocycles. The summed E-state index contributed by atoms with van der Waals surface area (Å²) in [5.74, 6) is -0.452. The van der Waals surface area contributed by atoms with Crippen molar-refractivity contribution in [2.75, 3.05) is 5.75 Å². The SMILES string of the molecule is CC[C@@H]1[C@@H]2[C@@H](F)[C@H](O)CC[C@]2(C)C2CC[C@@]3(C)C(CCC3[C@H](C)CCCC(=O)CS(=O)(=O)c3cccc(F)c3)C2[C@@H]1O. The molecule has 0 aliphatic heterocycles. The predicted octanol–water partition coefficient (Wildman–Crippen LogP) is 6.55. The van der Waals surface area contributed by atoms with E-state index in [1.54, 1.807) is 0 Å². The quantitative estimate of drug-likeness (QED) is 0.332. The Hall–Kier alpha value is -1.38. The lowest BCUT2D eigenvalue weighted by Crippen LogP contribution is -2.65. The van der Waals surface area contributed by atoms with Crippen LogP contribution in [0.3, 0.4) is 0 Å². The molecule has 0 spiro atoms. The summed E-state index contributed by atoms with van der Waals surface area (Å²) in [5, 5.41) is 22.3. The van der Waals surface area contributed by atoms with Gasteiger partial charge < -0.3 is 10.2 Å². The van der Waals surface area contributed by atoms with E-state index in [1.165, 1.54) is 18.2 Å². The number of aliphatic hydroxyl groups is 2. The zero-order chi connectivity index (χ0) is 30.6. The maximum atomic E-state index is 15.6. The van der Waals surface area contributed by atoms with E-state index < -0.39 is 39.8 Å². The number of ketones is 1. The van der Waals surface area contributed by atoms with E-state index >= 15 is 4.39 Å². The number of hydrogen-bond acceptors (Lipinski definition) is 5. The third kappa shape index (κ3) is 5.40. The highest BCUT2D eigenvalue weighted by Crippen LogP contribution is 2.69. The molecule has 8 heteroatoms. The lowest BCUT2D eigenvalue weighted by Gasteiger charge is -2.65. The Morgan fingerprint density at radius 3 is 2.45 bits per heavy atom. The maximum Gasteiger partial charge on any atom is 0.185 e. The smallest absolute Gasteiger partial charge is 0.185 e. The van der Waals surface area contributed by atoms with Crippen molar-refractivity contribution in [3.63, 3.8) is 0 Å². The number of halogens is 2. The van der Waals surface area contributed by atoms with Gasteiger partial charge in [0.25, 0.3) is 0 Å². The molecule has 1 aromatic carbocycles. The Kier molecular flexibility index (Phi) is 9.04. The molecule has 12 atom stereocenters. The molecule has 5 nitrogen and oxygen atoms in total. The van der Waals surface area contributed by atoms with Gasteiger partial charge in [0.15, 0.2) is 9.84 Å². The van der Waals surface area contributed by atoms with Gasteiger partial charge in [0.2, 0.25) is 0 Å². The standard InChI is InChI=1S/C34H50F2O5S/c1-5-24-30-31(36)28(38)15-17-34(30,4)27-14-16-33(3)25(12-13-26(33)29(27)32(24)39)20(2)8-6-10-22(37)19-42(40,41)23-11-7-9-21(35)18-23/h7,9,11,18,20,24-32,38-39H,5-6,8,10,12-17,19H2,1-4H3/t20-,24-,25?,26?,27?,28-,29?,30-,31+,32-,33-,34-/m1/s1. The maximum absolute atomic E-state index is 15.6. The van der Waals surface area contributed by atoms with Gasteiger partial charge >= 0.3 is 0 Å². The zero-order valence-corrected chi connectivity index (χ0v) is 26.5. The first-order valence-corrected chi connectivity index (χ1v) is 17.9. The molecule has 42 heavy (non-hydrogen) atoms. The molecule has 4 saturated carbocycles. The second-order valence-corrected chi connectivity index (χ2v) is 16.8. The van der Waals surface area contributed by atoms with Crippen LogP contribution in [-0.2, 0) is 14.6 Å². The van der Waals surface area contributed by atoms with Crippen molar-refractivity contribution in [2.24, 2.45) is 52.3 Å². The second-order valence-electron chi connectivity index (χ2n) is 14.8. The second kappa shape index (κ2) is 11.8. The fourth-order valence-corrected chi connectivity index (χ4v) is 12.1. The van der Waals surface area contributed by atoms with E-state index in [0.29, 0.717) is 37.0 Å². The fourth-order valence-electron chi connectivity index (χ4n) is 10.8. The number of aliphatic hydroxyl groups excluding tert-OH is 2. The van der Waals surface area contributed by atoms with Gasteiger partial charge in [-0.05, 0) is 109 Å². The van der Waals surface area contributed by atoms with Crippen LogP contribution in [0, 0.1) is 58.1 Å². The number of sulfone groups is 1.